The van der Waals surface area contributed by atoms with Gasteiger partial charge in [0.25, 0.3) is 0 Å². The maximum Gasteiger partial charge on any atom is 0.433 e. The Morgan fingerprint density at radius 1 is 0.909 bits per heavy atom. The minimum atomic E-state index is -4.48. The Bertz CT molecular complexity index is 785. The molecule has 0 saturated carbocycles. The van der Waals surface area contributed by atoms with Crippen LogP contribution in [0.25, 0.3) is 10.9 Å². The number of benzene rings is 2. The SMILES string of the molecule is FC(F)(F)c1cc(COc2ccccc2)c2ccccc2n1. The van der Waals surface area contributed by atoms with Crippen LogP contribution < -0.4 is 4.74 Å². The van der Waals surface area contributed by atoms with Crippen LogP contribution in [0, 0.1) is 0 Å². The Kier molecular flexibility index (Phi) is 3.71. The molecule has 0 aliphatic rings. The van der Waals surface area contributed by atoms with Crippen LogP contribution in [0.15, 0.2) is 60.7 Å². The molecule has 3 rings (SSSR count). The van der Waals surface area contributed by atoms with Crippen molar-refractivity contribution in [3.05, 3.63) is 71.9 Å². The molecule has 2 nitrogen and oxygen atoms in total. The first kappa shape index (κ1) is 14.4. The Labute approximate surface area is 125 Å². The summed E-state index contributed by atoms with van der Waals surface area (Å²) < 4.78 is 44.4. The van der Waals surface area contributed by atoms with Crippen molar-refractivity contribution in [2.24, 2.45) is 0 Å². The molecule has 0 aliphatic carbocycles. The van der Waals surface area contributed by atoms with E-state index in [1.54, 1.807) is 48.5 Å². The van der Waals surface area contributed by atoms with Crippen molar-refractivity contribution in [3.8, 4) is 5.75 Å². The highest BCUT2D eigenvalue weighted by atomic mass is 19.4. The largest absolute Gasteiger partial charge is 0.489 e. The molecular weight excluding hydrogens is 291 g/mol. The molecule has 0 bridgehead atoms. The van der Waals surface area contributed by atoms with E-state index in [4.69, 9.17) is 4.74 Å². The molecule has 112 valence electrons. The van der Waals surface area contributed by atoms with Crippen LogP contribution in [-0.4, -0.2) is 4.98 Å². The van der Waals surface area contributed by atoms with Crippen LogP contribution in [0.5, 0.6) is 5.75 Å². The first-order chi connectivity index (χ1) is 10.5. The van der Waals surface area contributed by atoms with Crippen molar-refractivity contribution >= 4 is 10.9 Å². The first-order valence-corrected chi connectivity index (χ1v) is 6.68. The van der Waals surface area contributed by atoms with Crippen molar-refractivity contribution in [2.45, 2.75) is 12.8 Å². The molecule has 0 saturated heterocycles. The Hall–Kier alpha value is -2.56. The number of pyridine rings is 1. The highest BCUT2D eigenvalue weighted by Gasteiger charge is 2.33. The summed E-state index contributed by atoms with van der Waals surface area (Å²) >= 11 is 0. The summed E-state index contributed by atoms with van der Waals surface area (Å²) in [4.78, 5) is 3.68. The number of para-hydroxylation sites is 2. The zero-order chi connectivity index (χ0) is 15.6. The van der Waals surface area contributed by atoms with Gasteiger partial charge in [-0.15, -0.1) is 0 Å². The molecule has 0 unspecified atom stereocenters. The number of alkyl halides is 3. The van der Waals surface area contributed by atoms with Gasteiger partial charge in [-0.2, -0.15) is 13.2 Å². The molecule has 0 N–H and O–H groups in total. The third-order valence-electron chi connectivity index (χ3n) is 3.23. The van der Waals surface area contributed by atoms with Crippen molar-refractivity contribution < 1.29 is 17.9 Å². The molecule has 0 aliphatic heterocycles. The zero-order valence-electron chi connectivity index (χ0n) is 11.5. The standard InChI is InChI=1S/C17H12F3NO/c18-17(19,20)16-10-12(11-22-13-6-2-1-3-7-13)14-8-4-5-9-15(14)21-16/h1-10H,11H2. The minimum absolute atomic E-state index is 0.0517. The van der Waals surface area contributed by atoms with E-state index in [9.17, 15) is 13.2 Å². The lowest BCUT2D eigenvalue weighted by Gasteiger charge is -2.12. The second-order valence-corrected chi connectivity index (χ2v) is 4.78. The number of hydrogen-bond donors (Lipinski definition) is 0. The highest BCUT2D eigenvalue weighted by Crippen LogP contribution is 2.31. The van der Waals surface area contributed by atoms with Crippen molar-refractivity contribution in [1.82, 2.24) is 4.98 Å². The predicted octanol–water partition coefficient (Wildman–Crippen LogP) is 4.83. The van der Waals surface area contributed by atoms with Crippen LogP contribution in [0.3, 0.4) is 0 Å². The van der Waals surface area contributed by atoms with Crippen LogP contribution >= 0.6 is 0 Å². The number of ether oxygens (including phenoxy) is 1. The Balaban J connectivity index is 1.99. The topological polar surface area (TPSA) is 22.1 Å². The quantitative estimate of drug-likeness (QED) is 0.691. The third-order valence-corrected chi connectivity index (χ3v) is 3.23. The smallest absolute Gasteiger partial charge is 0.433 e. The van der Waals surface area contributed by atoms with E-state index in [0.717, 1.165) is 6.07 Å². The highest BCUT2D eigenvalue weighted by molar-refractivity contribution is 5.82. The van der Waals surface area contributed by atoms with Gasteiger partial charge in [-0.1, -0.05) is 36.4 Å². The van der Waals surface area contributed by atoms with E-state index >= 15 is 0 Å². The molecule has 0 amide bonds. The molecule has 1 aromatic heterocycles. The molecule has 0 spiro atoms. The lowest BCUT2D eigenvalue weighted by Crippen LogP contribution is -2.10. The normalized spacial score (nSPS) is 11.6. The summed E-state index contributed by atoms with van der Waals surface area (Å²) in [5, 5.41) is 0.659. The summed E-state index contributed by atoms with van der Waals surface area (Å²) in [6, 6.07) is 16.8. The Morgan fingerprint density at radius 2 is 1.59 bits per heavy atom. The molecule has 1 heterocycles. The molecule has 2 aromatic carbocycles. The molecule has 0 atom stereocenters. The number of rotatable bonds is 3. The van der Waals surface area contributed by atoms with E-state index in [1.165, 1.54) is 0 Å². The first-order valence-electron chi connectivity index (χ1n) is 6.68. The van der Waals surface area contributed by atoms with Crippen LogP contribution in [-0.2, 0) is 12.8 Å². The zero-order valence-corrected chi connectivity index (χ0v) is 11.5. The number of nitrogens with zero attached hydrogens (tertiary/aromatic N) is 1. The number of hydrogen-bond acceptors (Lipinski definition) is 2. The average Bonchev–Trinajstić information content (AvgIpc) is 2.52. The van der Waals surface area contributed by atoms with E-state index in [-0.39, 0.29) is 6.61 Å². The van der Waals surface area contributed by atoms with Gasteiger partial charge < -0.3 is 4.74 Å². The lowest BCUT2D eigenvalue weighted by molar-refractivity contribution is -0.141. The monoisotopic (exact) mass is 303 g/mol. The summed E-state index contributed by atoms with van der Waals surface area (Å²) in [5.41, 5.74) is -0.136. The van der Waals surface area contributed by atoms with Crippen molar-refractivity contribution in [1.29, 1.82) is 0 Å². The second-order valence-electron chi connectivity index (χ2n) is 4.78. The van der Waals surface area contributed by atoms with Crippen LogP contribution in [0.4, 0.5) is 13.2 Å². The van der Waals surface area contributed by atoms with E-state index < -0.39 is 11.9 Å². The van der Waals surface area contributed by atoms with Crippen LogP contribution in [0.2, 0.25) is 0 Å². The number of aromatic nitrogens is 1. The van der Waals surface area contributed by atoms with E-state index in [2.05, 4.69) is 4.98 Å². The number of halogens is 3. The van der Waals surface area contributed by atoms with Gasteiger partial charge in [0, 0.05) is 10.9 Å². The van der Waals surface area contributed by atoms with Gasteiger partial charge in [0.2, 0.25) is 0 Å². The number of fused-ring (bicyclic) bond motifs is 1. The van der Waals surface area contributed by atoms with Gasteiger partial charge in [0.05, 0.1) is 5.52 Å². The summed E-state index contributed by atoms with van der Waals surface area (Å²) in [7, 11) is 0. The molecule has 5 heteroatoms. The van der Waals surface area contributed by atoms with Crippen molar-refractivity contribution in [3.63, 3.8) is 0 Å². The fourth-order valence-corrected chi connectivity index (χ4v) is 2.19. The van der Waals surface area contributed by atoms with Gasteiger partial charge in [0.15, 0.2) is 0 Å². The molecule has 22 heavy (non-hydrogen) atoms. The predicted molar refractivity (Wildman–Crippen MR) is 77.5 cm³/mol. The third kappa shape index (κ3) is 3.03. The molecular formula is C17H12F3NO. The van der Waals surface area contributed by atoms with E-state index in [1.807, 2.05) is 6.07 Å². The van der Waals surface area contributed by atoms with Gasteiger partial charge >= 0.3 is 6.18 Å². The van der Waals surface area contributed by atoms with Gasteiger partial charge in [0.1, 0.15) is 18.1 Å². The Morgan fingerprint density at radius 3 is 2.32 bits per heavy atom. The summed E-state index contributed by atoms with van der Waals surface area (Å²) in [6.45, 7) is 0.0517. The second kappa shape index (κ2) is 5.67. The molecule has 0 fully saturated rings. The average molecular weight is 303 g/mol. The van der Waals surface area contributed by atoms with Crippen LogP contribution in [0.1, 0.15) is 11.3 Å². The molecule has 3 aromatic rings. The minimum Gasteiger partial charge on any atom is -0.489 e. The molecule has 0 radical (unpaired) electrons. The van der Waals surface area contributed by atoms with Crippen molar-refractivity contribution in [2.75, 3.05) is 0 Å². The summed E-state index contributed by atoms with van der Waals surface area (Å²) in [5.74, 6) is 0.608. The van der Waals surface area contributed by atoms with Gasteiger partial charge in [-0.3, -0.25) is 0 Å². The fourth-order valence-electron chi connectivity index (χ4n) is 2.19. The van der Waals surface area contributed by atoms with Gasteiger partial charge in [-0.05, 0) is 24.3 Å². The maximum absolute atomic E-state index is 13.0. The lowest BCUT2D eigenvalue weighted by atomic mass is 10.1. The fraction of sp³-hybridized carbons (Fsp3) is 0.118. The summed E-state index contributed by atoms with van der Waals surface area (Å²) in [6.07, 6.45) is -4.48. The van der Waals surface area contributed by atoms with Gasteiger partial charge in [-0.25, -0.2) is 4.98 Å². The maximum atomic E-state index is 13.0. The van der Waals surface area contributed by atoms with E-state index in [0.29, 0.717) is 22.2 Å².